The third-order valence-electron chi connectivity index (χ3n) is 5.14. The first-order valence-corrected chi connectivity index (χ1v) is 10.1. The van der Waals surface area contributed by atoms with Crippen molar-refractivity contribution < 1.29 is 23.1 Å². The highest BCUT2D eigenvalue weighted by molar-refractivity contribution is 6.31. The number of methoxy groups -OCH3 is 1. The van der Waals surface area contributed by atoms with Crippen LogP contribution >= 0.6 is 11.6 Å². The van der Waals surface area contributed by atoms with E-state index in [1.165, 1.54) is 12.1 Å². The second kappa shape index (κ2) is 9.33. The van der Waals surface area contributed by atoms with Gasteiger partial charge in [0.2, 0.25) is 5.95 Å². The Morgan fingerprint density at radius 1 is 1.31 bits per heavy atom. The highest BCUT2D eigenvalue weighted by Gasteiger charge is 2.25. The number of nitrogens with one attached hydrogen (secondary N) is 3. The number of H-pyrrole nitrogens is 1. The van der Waals surface area contributed by atoms with Gasteiger partial charge in [0.15, 0.2) is 17.5 Å². The minimum Gasteiger partial charge on any atom is -0.379 e. The molecule has 32 heavy (non-hydrogen) atoms. The molecule has 0 aliphatic carbocycles. The van der Waals surface area contributed by atoms with E-state index in [9.17, 15) is 18.4 Å². The Labute approximate surface area is 186 Å². The zero-order valence-electron chi connectivity index (χ0n) is 16.9. The van der Waals surface area contributed by atoms with Gasteiger partial charge in [0, 0.05) is 38.9 Å². The van der Waals surface area contributed by atoms with Crippen LogP contribution in [0.25, 0.3) is 11.0 Å². The summed E-state index contributed by atoms with van der Waals surface area (Å²) in [6.07, 6.45) is 0.237. The Hall–Kier alpha value is -2.86. The monoisotopic (exact) mass is 468 g/mol. The largest absolute Gasteiger partial charge is 0.379 e. The molecule has 2 aromatic carbocycles. The molecule has 1 aromatic heterocycles. The number of halogens is 4. The van der Waals surface area contributed by atoms with Gasteiger partial charge in [-0.25, -0.2) is 23.1 Å². The molecule has 1 saturated heterocycles. The molecule has 4 N–H and O–H groups in total. The van der Waals surface area contributed by atoms with E-state index in [-0.39, 0.29) is 45.2 Å². The Bertz CT molecular complexity index is 1170. The normalized spacial score (nSPS) is 15.2. The Morgan fingerprint density at radius 2 is 2.09 bits per heavy atom. The molecule has 1 fully saturated rings. The lowest BCUT2D eigenvalue weighted by molar-refractivity contribution is -0.0270. The van der Waals surface area contributed by atoms with Crippen LogP contribution in [-0.4, -0.2) is 65.3 Å². The second-order valence-corrected chi connectivity index (χ2v) is 7.65. The third-order valence-corrected chi connectivity index (χ3v) is 5.43. The van der Waals surface area contributed by atoms with Crippen molar-refractivity contribution in [3.8, 4) is 0 Å². The number of benzene rings is 2. The molecular weight excluding hydrogens is 449 g/mol. The van der Waals surface area contributed by atoms with E-state index in [0.29, 0.717) is 6.54 Å². The number of aliphatic imine (C=N–C) groups is 1. The Morgan fingerprint density at radius 3 is 2.78 bits per heavy atom. The lowest BCUT2D eigenvalue weighted by Crippen LogP contribution is -2.52. The van der Waals surface area contributed by atoms with E-state index in [0.717, 1.165) is 31.8 Å². The van der Waals surface area contributed by atoms with Crippen LogP contribution in [-0.2, 0) is 4.74 Å². The summed E-state index contributed by atoms with van der Waals surface area (Å²) in [6.45, 7) is 2.90. The van der Waals surface area contributed by atoms with Gasteiger partial charge in [-0.3, -0.25) is 15.6 Å². The molecule has 0 radical (unpaired) electrons. The van der Waals surface area contributed by atoms with Crippen LogP contribution in [0.3, 0.4) is 0 Å². The van der Waals surface area contributed by atoms with Crippen molar-refractivity contribution in [2.24, 2.45) is 4.99 Å². The summed E-state index contributed by atoms with van der Waals surface area (Å²) >= 11 is 5.76. The smallest absolute Gasteiger partial charge is 0.201 e. The van der Waals surface area contributed by atoms with Crippen LogP contribution in [0.5, 0.6) is 0 Å². The first-order valence-electron chi connectivity index (χ1n) is 9.70. The summed E-state index contributed by atoms with van der Waals surface area (Å²) in [4.78, 5) is 13.3. The number of amidine groups is 1. The predicted molar refractivity (Wildman–Crippen MR) is 114 cm³/mol. The van der Waals surface area contributed by atoms with Gasteiger partial charge in [0.1, 0.15) is 11.3 Å². The number of hydrogen-bond donors (Lipinski definition) is 4. The molecule has 0 bridgehead atoms. The van der Waals surface area contributed by atoms with Crippen molar-refractivity contribution >= 4 is 40.1 Å². The van der Waals surface area contributed by atoms with Crippen LogP contribution < -0.4 is 10.8 Å². The van der Waals surface area contributed by atoms with Crippen molar-refractivity contribution in [2.75, 3.05) is 38.6 Å². The summed E-state index contributed by atoms with van der Waals surface area (Å²) < 4.78 is 47.3. The van der Waals surface area contributed by atoms with Gasteiger partial charge >= 0.3 is 0 Å². The van der Waals surface area contributed by atoms with Gasteiger partial charge < -0.3 is 15.0 Å². The fourth-order valence-electron chi connectivity index (χ4n) is 3.39. The van der Waals surface area contributed by atoms with E-state index >= 15 is 0 Å². The highest BCUT2D eigenvalue weighted by Crippen LogP contribution is 2.27. The van der Waals surface area contributed by atoms with Crippen LogP contribution in [0.2, 0.25) is 5.02 Å². The summed E-state index contributed by atoms with van der Waals surface area (Å²) in [7, 11) is 1.67. The topological polar surface area (TPSA) is 97.8 Å². The summed E-state index contributed by atoms with van der Waals surface area (Å²) in [6, 6.07) is 4.52. The molecule has 170 valence electrons. The third kappa shape index (κ3) is 4.51. The van der Waals surface area contributed by atoms with E-state index in [2.05, 4.69) is 25.2 Å². The molecule has 8 nitrogen and oxygen atoms in total. The van der Waals surface area contributed by atoms with E-state index in [1.807, 2.05) is 5.48 Å². The van der Waals surface area contributed by atoms with Gasteiger partial charge in [-0.1, -0.05) is 11.6 Å². The maximum Gasteiger partial charge on any atom is 0.201 e. The van der Waals surface area contributed by atoms with Crippen LogP contribution in [0.4, 0.5) is 24.8 Å². The molecule has 1 aliphatic rings. The number of anilines is 1. The Kier molecular flexibility index (Phi) is 6.51. The molecule has 0 amide bonds. The van der Waals surface area contributed by atoms with E-state index in [1.54, 1.807) is 7.11 Å². The zero-order valence-corrected chi connectivity index (χ0v) is 17.7. The van der Waals surface area contributed by atoms with Crippen LogP contribution in [0, 0.1) is 17.5 Å². The summed E-state index contributed by atoms with van der Waals surface area (Å²) in [5.41, 5.74) is 1.93. The minimum absolute atomic E-state index is 0.0214. The van der Waals surface area contributed by atoms with Crippen molar-refractivity contribution in [3.63, 3.8) is 0 Å². The van der Waals surface area contributed by atoms with Crippen LogP contribution in [0.15, 0.2) is 29.3 Å². The van der Waals surface area contributed by atoms with Gasteiger partial charge in [-0.2, -0.15) is 0 Å². The molecule has 3 aromatic rings. The van der Waals surface area contributed by atoms with Crippen molar-refractivity contribution in [3.05, 3.63) is 52.3 Å². The number of ether oxygens (including phenoxy) is 1. The van der Waals surface area contributed by atoms with Crippen LogP contribution in [0.1, 0.15) is 5.56 Å². The second-order valence-electron chi connectivity index (χ2n) is 7.24. The first-order chi connectivity index (χ1) is 15.4. The fourth-order valence-corrected chi connectivity index (χ4v) is 3.56. The zero-order chi connectivity index (χ0) is 22.8. The van der Waals surface area contributed by atoms with Crippen molar-refractivity contribution in [1.29, 1.82) is 0 Å². The van der Waals surface area contributed by atoms with Gasteiger partial charge in [0.25, 0.3) is 0 Å². The minimum atomic E-state index is -1.17. The molecule has 0 atom stereocenters. The molecule has 1 aliphatic heterocycles. The molecule has 0 saturated carbocycles. The fraction of sp³-hybridized carbons (Fsp3) is 0.300. The number of aromatic amines is 1. The number of rotatable bonds is 7. The number of imidazole rings is 1. The maximum atomic E-state index is 14.4. The number of fused-ring (bicyclic) bond motifs is 1. The van der Waals surface area contributed by atoms with E-state index < -0.39 is 17.5 Å². The van der Waals surface area contributed by atoms with Gasteiger partial charge in [-0.05, 0) is 24.3 Å². The van der Waals surface area contributed by atoms with Gasteiger partial charge in [-0.15, -0.1) is 0 Å². The molecule has 4 rings (SSSR count). The van der Waals surface area contributed by atoms with Crippen molar-refractivity contribution in [2.45, 2.75) is 6.10 Å². The highest BCUT2D eigenvalue weighted by atomic mass is 35.5. The maximum absolute atomic E-state index is 14.4. The van der Waals surface area contributed by atoms with Gasteiger partial charge in [0.05, 0.1) is 22.3 Å². The standard InChI is InChI=1S/C20H20ClF3N6O2/c1-32-11-8-30(9-11)5-4-25-20-27-17-12(7-15(23)16(24)18(17)28-20)19(29-31)26-10-2-3-14(22)13(21)6-10/h2-3,6-7,11,31H,4-5,8-9H2,1H3,(H,26,29)(H2,25,27,28). The summed E-state index contributed by atoms with van der Waals surface area (Å²) in [5.74, 6) is -2.92. The molecular formula is C20H20ClF3N6O2. The molecule has 12 heteroatoms. The lowest BCUT2D eigenvalue weighted by atomic mass is 10.1. The Balaban J connectivity index is 1.61. The predicted octanol–water partition coefficient (Wildman–Crippen LogP) is 3.43. The average molecular weight is 469 g/mol. The lowest BCUT2D eigenvalue weighted by Gasteiger charge is -2.38. The van der Waals surface area contributed by atoms with Crippen molar-refractivity contribution in [1.82, 2.24) is 20.3 Å². The molecule has 2 heterocycles. The number of nitrogens with zero attached hydrogens (tertiary/aromatic N) is 3. The quantitative estimate of drug-likeness (QED) is 0.241. The number of hydrogen-bond acceptors (Lipinski definition) is 6. The number of hydroxylamine groups is 1. The average Bonchev–Trinajstić information content (AvgIpc) is 3.17. The number of likely N-dealkylation sites (tertiary alicyclic amines) is 1. The molecule has 0 unspecified atom stereocenters. The number of aromatic nitrogens is 2. The molecule has 0 spiro atoms. The SMILES string of the molecule is COC1CN(CCNc2nc3c(F)c(F)cc(C(=Nc4ccc(F)c(Cl)c4)NO)c3[nH]2)C1. The van der Waals surface area contributed by atoms with E-state index in [4.69, 9.17) is 16.3 Å². The summed E-state index contributed by atoms with van der Waals surface area (Å²) in [5, 5.41) is 12.5. The first kappa shape index (κ1) is 22.3.